The number of benzene rings is 2. The molecule has 30 heavy (non-hydrogen) atoms. The molecule has 0 unspecified atom stereocenters. The van der Waals surface area contributed by atoms with E-state index in [1.807, 2.05) is 14.2 Å². The van der Waals surface area contributed by atoms with Gasteiger partial charge in [-0.3, -0.25) is 4.79 Å². The van der Waals surface area contributed by atoms with Crippen LogP contribution in [0.3, 0.4) is 0 Å². The number of hydrogen-bond donors (Lipinski definition) is 0. The third kappa shape index (κ3) is 1.56. The summed E-state index contributed by atoms with van der Waals surface area (Å²) in [6.07, 6.45) is 5.01. The fraction of sp³-hybridized carbons (Fsp3) is 0.593. The molecule has 2 aromatic carbocycles. The lowest BCUT2D eigenvalue weighted by molar-refractivity contribution is -0.122. The molecule has 0 aliphatic heterocycles. The summed E-state index contributed by atoms with van der Waals surface area (Å²) in [6, 6.07) is 8.59. The fourth-order valence-corrected chi connectivity index (χ4v) is 10.3. The SMILES string of the molecule is COc1c2c(c(OC)c3ccccc13)[C@@H]1C[C@H]2[C@H]2[C@H]3C[C@@H]([C@H]21)[C@H]1[C@@H]3[C@H]2CC[C@@H]1C2=O. The normalized spacial score (nSPS) is 45.9. The molecular formula is C27H28O3. The van der Waals surface area contributed by atoms with E-state index in [4.69, 9.17) is 9.47 Å². The van der Waals surface area contributed by atoms with Crippen LogP contribution in [0, 0.1) is 47.3 Å². The number of ether oxygens (including phenoxy) is 2. The van der Waals surface area contributed by atoms with Gasteiger partial charge in [-0.2, -0.15) is 0 Å². The van der Waals surface area contributed by atoms with Gasteiger partial charge in [0.25, 0.3) is 0 Å². The molecule has 5 saturated carbocycles. The maximum absolute atomic E-state index is 12.9. The maximum Gasteiger partial charge on any atom is 0.139 e. The Hall–Kier alpha value is -2.03. The number of rotatable bonds is 2. The lowest BCUT2D eigenvalue weighted by atomic mass is 9.59. The van der Waals surface area contributed by atoms with Crippen LogP contribution in [0.25, 0.3) is 10.8 Å². The number of fused-ring (bicyclic) bond motifs is 20. The Bertz CT molecular complexity index is 1050. The minimum Gasteiger partial charge on any atom is -0.496 e. The topological polar surface area (TPSA) is 35.5 Å². The van der Waals surface area contributed by atoms with Crippen LogP contribution in [0.4, 0.5) is 0 Å². The quantitative estimate of drug-likeness (QED) is 0.653. The third-order valence-corrected chi connectivity index (χ3v) is 10.6. The molecule has 3 heteroatoms. The summed E-state index contributed by atoms with van der Waals surface area (Å²) in [5.41, 5.74) is 2.91. The second kappa shape index (κ2) is 5.23. The van der Waals surface area contributed by atoms with Crippen molar-refractivity contribution in [2.45, 2.75) is 37.5 Å². The maximum atomic E-state index is 12.9. The van der Waals surface area contributed by atoms with Gasteiger partial charge in [0, 0.05) is 33.7 Å². The molecule has 0 spiro atoms. The second-order valence-electron chi connectivity index (χ2n) is 11.0. The van der Waals surface area contributed by atoms with Crippen molar-refractivity contribution in [2.24, 2.45) is 47.3 Å². The zero-order valence-electron chi connectivity index (χ0n) is 17.6. The number of carbonyl (C=O) groups excluding carboxylic acids is 1. The molecule has 6 aliphatic rings. The van der Waals surface area contributed by atoms with Gasteiger partial charge in [0.1, 0.15) is 17.3 Å². The highest BCUT2D eigenvalue weighted by molar-refractivity contribution is 5.97. The van der Waals surface area contributed by atoms with Gasteiger partial charge in [-0.25, -0.2) is 0 Å². The number of ketones is 1. The molecule has 0 saturated heterocycles. The van der Waals surface area contributed by atoms with Gasteiger partial charge in [0.05, 0.1) is 14.2 Å². The Morgan fingerprint density at radius 1 is 0.700 bits per heavy atom. The van der Waals surface area contributed by atoms with Crippen LogP contribution in [-0.2, 0) is 4.79 Å². The van der Waals surface area contributed by atoms with E-state index in [2.05, 4.69) is 24.3 Å². The van der Waals surface area contributed by atoms with Crippen molar-refractivity contribution < 1.29 is 14.3 Å². The summed E-state index contributed by atoms with van der Waals surface area (Å²) in [5, 5.41) is 2.38. The molecule has 8 rings (SSSR count). The van der Waals surface area contributed by atoms with Crippen LogP contribution in [0.15, 0.2) is 24.3 Å². The molecule has 0 N–H and O–H groups in total. The van der Waals surface area contributed by atoms with Crippen molar-refractivity contribution in [2.75, 3.05) is 14.2 Å². The van der Waals surface area contributed by atoms with Crippen LogP contribution >= 0.6 is 0 Å². The molecule has 0 amide bonds. The third-order valence-electron chi connectivity index (χ3n) is 10.6. The summed E-state index contributed by atoms with van der Waals surface area (Å²) < 4.78 is 12.2. The largest absolute Gasteiger partial charge is 0.496 e. The summed E-state index contributed by atoms with van der Waals surface area (Å²) >= 11 is 0. The standard InChI is InChI=1S/C27H28O3/c1-29-26-11-5-3-4-6-12(11)27(30-2)24-18-10-17(23(24)26)21-15-9-16(22(18)21)20-14-8-7-13(19(15)20)25(14)28/h3-6,13-22H,7-10H2,1-2H3/t13-,14+,15+,16-,17+,18-,19-,20+,21-,22+. The Morgan fingerprint density at radius 2 is 1.17 bits per heavy atom. The zero-order valence-corrected chi connectivity index (χ0v) is 17.6. The highest BCUT2D eigenvalue weighted by atomic mass is 16.5. The first-order valence-electron chi connectivity index (χ1n) is 11.9. The van der Waals surface area contributed by atoms with Gasteiger partial charge < -0.3 is 9.47 Å². The number of carbonyl (C=O) groups is 1. The monoisotopic (exact) mass is 400 g/mol. The van der Waals surface area contributed by atoms with Gasteiger partial charge in [-0.05, 0) is 73.0 Å². The molecule has 0 radical (unpaired) electrons. The molecule has 10 atom stereocenters. The Labute approximate surface area is 177 Å². The van der Waals surface area contributed by atoms with E-state index in [9.17, 15) is 4.79 Å². The first kappa shape index (κ1) is 16.6. The van der Waals surface area contributed by atoms with E-state index in [1.165, 1.54) is 47.6 Å². The average molecular weight is 401 g/mol. The minimum atomic E-state index is 0.405. The molecule has 6 aliphatic carbocycles. The number of Topliss-reactive ketones (excluding diaryl/α,β-unsaturated/α-hetero) is 1. The van der Waals surface area contributed by atoms with Crippen LogP contribution in [0.2, 0.25) is 0 Å². The molecule has 5 fully saturated rings. The summed E-state index contributed by atoms with van der Waals surface area (Å²) in [6.45, 7) is 0. The van der Waals surface area contributed by atoms with Gasteiger partial charge in [0.15, 0.2) is 0 Å². The Balaban J connectivity index is 1.34. The van der Waals surface area contributed by atoms with E-state index in [-0.39, 0.29) is 0 Å². The van der Waals surface area contributed by atoms with Gasteiger partial charge in [-0.15, -0.1) is 0 Å². The second-order valence-corrected chi connectivity index (χ2v) is 11.0. The summed E-state index contributed by atoms with van der Waals surface area (Å²) in [5.74, 6) is 9.31. The molecule has 6 bridgehead atoms. The Kier molecular flexibility index (Phi) is 2.90. The predicted molar refractivity (Wildman–Crippen MR) is 114 cm³/mol. The lowest BCUT2D eigenvalue weighted by Gasteiger charge is -2.45. The Morgan fingerprint density at radius 3 is 1.63 bits per heavy atom. The number of hydrogen-bond acceptors (Lipinski definition) is 3. The van der Waals surface area contributed by atoms with Crippen molar-refractivity contribution in [3.63, 3.8) is 0 Å². The van der Waals surface area contributed by atoms with E-state index in [1.54, 1.807) is 0 Å². The van der Waals surface area contributed by atoms with Crippen molar-refractivity contribution in [1.82, 2.24) is 0 Å². The average Bonchev–Trinajstić information content (AvgIpc) is 3.58. The molecule has 154 valence electrons. The van der Waals surface area contributed by atoms with Crippen LogP contribution in [0.5, 0.6) is 11.5 Å². The van der Waals surface area contributed by atoms with Crippen molar-refractivity contribution in [1.29, 1.82) is 0 Å². The van der Waals surface area contributed by atoms with Gasteiger partial charge in [0.2, 0.25) is 0 Å². The fourth-order valence-electron chi connectivity index (χ4n) is 10.3. The van der Waals surface area contributed by atoms with Crippen LogP contribution in [-0.4, -0.2) is 20.0 Å². The van der Waals surface area contributed by atoms with Crippen molar-refractivity contribution >= 4 is 16.6 Å². The molecule has 2 aromatic rings. The van der Waals surface area contributed by atoms with Gasteiger partial charge in [-0.1, -0.05) is 24.3 Å². The van der Waals surface area contributed by atoms with E-state index in [0.29, 0.717) is 41.3 Å². The summed E-state index contributed by atoms with van der Waals surface area (Å²) in [4.78, 5) is 12.9. The van der Waals surface area contributed by atoms with Crippen molar-refractivity contribution in [3.8, 4) is 11.5 Å². The predicted octanol–water partition coefficient (Wildman–Crippen LogP) is 5.16. The highest BCUT2D eigenvalue weighted by Gasteiger charge is 2.73. The number of methoxy groups -OCH3 is 2. The van der Waals surface area contributed by atoms with E-state index >= 15 is 0 Å². The van der Waals surface area contributed by atoms with Crippen LogP contribution in [0.1, 0.15) is 48.6 Å². The molecule has 0 aromatic heterocycles. The highest BCUT2D eigenvalue weighted by Crippen LogP contribution is 2.79. The lowest BCUT2D eigenvalue weighted by Crippen LogP contribution is -2.40. The van der Waals surface area contributed by atoms with E-state index in [0.717, 1.165) is 35.2 Å². The van der Waals surface area contributed by atoms with E-state index < -0.39 is 0 Å². The first-order chi connectivity index (χ1) is 14.7. The minimum absolute atomic E-state index is 0.405. The van der Waals surface area contributed by atoms with Crippen molar-refractivity contribution in [3.05, 3.63) is 35.4 Å². The zero-order chi connectivity index (χ0) is 19.9. The molecule has 3 nitrogen and oxygen atoms in total. The summed E-state index contributed by atoms with van der Waals surface area (Å²) in [7, 11) is 3.67. The first-order valence-corrected chi connectivity index (χ1v) is 11.9. The van der Waals surface area contributed by atoms with Crippen LogP contribution < -0.4 is 9.47 Å². The molecular weight excluding hydrogens is 372 g/mol. The smallest absolute Gasteiger partial charge is 0.139 e. The van der Waals surface area contributed by atoms with Gasteiger partial charge >= 0.3 is 0 Å². The molecule has 0 heterocycles.